The summed E-state index contributed by atoms with van der Waals surface area (Å²) in [6.45, 7) is 4.09. The summed E-state index contributed by atoms with van der Waals surface area (Å²) in [5.41, 5.74) is 11.9. The van der Waals surface area contributed by atoms with Crippen molar-refractivity contribution in [3.63, 3.8) is 0 Å². The van der Waals surface area contributed by atoms with Gasteiger partial charge in [-0.15, -0.1) is 11.3 Å². The molecule has 1 aliphatic rings. The van der Waals surface area contributed by atoms with Gasteiger partial charge in [0, 0.05) is 19.6 Å². The van der Waals surface area contributed by atoms with Gasteiger partial charge in [0.2, 0.25) is 0 Å². The van der Waals surface area contributed by atoms with E-state index in [9.17, 15) is 9.59 Å². The highest BCUT2D eigenvalue weighted by atomic mass is 32.1. The molecule has 2 amide bonds. The number of primary amides is 1. The van der Waals surface area contributed by atoms with Crippen molar-refractivity contribution in [1.29, 1.82) is 0 Å². The van der Waals surface area contributed by atoms with Crippen LogP contribution in [0.15, 0.2) is 0 Å². The largest absolute Gasteiger partial charge is 0.397 e. The number of carbonyl (C=O) groups excluding carboxylic acids is 2. The van der Waals surface area contributed by atoms with Crippen LogP contribution in [-0.2, 0) is 0 Å². The Hall–Kier alpha value is -1.76. The summed E-state index contributed by atoms with van der Waals surface area (Å²) in [5.74, 6) is -0.823. The van der Waals surface area contributed by atoms with Crippen LogP contribution in [0.1, 0.15) is 46.2 Å². The lowest BCUT2D eigenvalue weighted by molar-refractivity contribution is 0.0960. The summed E-state index contributed by atoms with van der Waals surface area (Å²) in [4.78, 5) is 26.1. The number of nitrogen functional groups attached to an aromatic ring is 1. The Balaban J connectivity index is 2.41. The monoisotopic (exact) mass is 296 g/mol. The van der Waals surface area contributed by atoms with E-state index < -0.39 is 5.91 Å². The molecule has 20 heavy (non-hydrogen) atoms. The van der Waals surface area contributed by atoms with E-state index in [1.54, 1.807) is 0 Å². The van der Waals surface area contributed by atoms with Gasteiger partial charge in [-0.25, -0.2) is 0 Å². The minimum Gasteiger partial charge on any atom is -0.397 e. The number of hydrogen-bond donors (Lipinski definition) is 3. The maximum atomic E-state index is 12.0. The zero-order chi connectivity index (χ0) is 14.7. The van der Waals surface area contributed by atoms with Crippen LogP contribution >= 0.6 is 11.3 Å². The first kappa shape index (κ1) is 14.6. The lowest BCUT2D eigenvalue weighted by Gasteiger charge is -2.28. The Morgan fingerprint density at radius 1 is 1.30 bits per heavy atom. The minimum atomic E-state index is -0.574. The van der Waals surface area contributed by atoms with Gasteiger partial charge in [0.1, 0.15) is 9.88 Å². The molecule has 1 aliphatic heterocycles. The average molecular weight is 296 g/mol. The second-order valence-electron chi connectivity index (χ2n) is 4.80. The van der Waals surface area contributed by atoms with Gasteiger partial charge in [-0.05, 0) is 26.2 Å². The smallest absolute Gasteiger partial charge is 0.263 e. The van der Waals surface area contributed by atoms with Crippen LogP contribution < -0.4 is 21.7 Å². The summed E-state index contributed by atoms with van der Waals surface area (Å²) < 4.78 is 0. The second kappa shape index (κ2) is 6.13. The summed E-state index contributed by atoms with van der Waals surface area (Å²) in [7, 11) is 0. The molecule has 5 N–H and O–H groups in total. The molecule has 0 aliphatic carbocycles. The van der Waals surface area contributed by atoms with Gasteiger partial charge in [-0.2, -0.15) is 0 Å². The van der Waals surface area contributed by atoms with Crippen molar-refractivity contribution < 1.29 is 9.59 Å². The Morgan fingerprint density at radius 2 is 1.95 bits per heavy atom. The minimum absolute atomic E-state index is 0.203. The third-order valence-corrected chi connectivity index (χ3v) is 4.62. The fraction of sp³-hybridized carbons (Fsp3) is 0.538. The van der Waals surface area contributed by atoms with Gasteiger partial charge >= 0.3 is 0 Å². The Labute approximate surface area is 122 Å². The Morgan fingerprint density at radius 3 is 2.50 bits per heavy atom. The third-order valence-electron chi connectivity index (χ3n) is 3.36. The highest BCUT2D eigenvalue weighted by Crippen LogP contribution is 2.39. The topological polar surface area (TPSA) is 101 Å². The molecule has 7 heteroatoms. The number of amides is 2. The quantitative estimate of drug-likeness (QED) is 0.776. The van der Waals surface area contributed by atoms with E-state index in [1.165, 1.54) is 17.8 Å². The van der Waals surface area contributed by atoms with Gasteiger partial charge in [-0.3, -0.25) is 9.59 Å². The molecule has 1 saturated heterocycles. The first-order valence-corrected chi connectivity index (χ1v) is 7.63. The molecule has 110 valence electrons. The highest BCUT2D eigenvalue weighted by Gasteiger charge is 2.27. The van der Waals surface area contributed by atoms with Crippen LogP contribution in [0.2, 0.25) is 0 Å². The van der Waals surface area contributed by atoms with E-state index in [2.05, 4.69) is 10.2 Å². The second-order valence-corrected chi connectivity index (χ2v) is 5.80. The molecule has 1 aromatic rings. The van der Waals surface area contributed by atoms with Crippen molar-refractivity contribution in [1.82, 2.24) is 5.32 Å². The zero-order valence-electron chi connectivity index (χ0n) is 11.6. The predicted octanol–water partition coefficient (Wildman–Crippen LogP) is 1.17. The van der Waals surface area contributed by atoms with E-state index in [0.29, 0.717) is 11.4 Å². The zero-order valence-corrected chi connectivity index (χ0v) is 12.4. The molecule has 0 atom stereocenters. The molecule has 1 aromatic heterocycles. The van der Waals surface area contributed by atoms with Crippen LogP contribution in [0.3, 0.4) is 0 Å². The van der Waals surface area contributed by atoms with Crippen molar-refractivity contribution in [3.05, 3.63) is 10.4 Å². The van der Waals surface area contributed by atoms with E-state index in [-0.39, 0.29) is 17.2 Å². The van der Waals surface area contributed by atoms with Crippen molar-refractivity contribution in [2.75, 3.05) is 30.3 Å². The molecule has 0 radical (unpaired) electrons. The molecular formula is C13H20N4O2S. The number of hydrogen-bond acceptors (Lipinski definition) is 5. The summed E-state index contributed by atoms with van der Waals surface area (Å²) in [6.07, 6.45) is 3.34. The fourth-order valence-electron chi connectivity index (χ4n) is 2.40. The molecule has 0 saturated carbocycles. The summed E-state index contributed by atoms with van der Waals surface area (Å²) >= 11 is 1.26. The van der Waals surface area contributed by atoms with Crippen LogP contribution in [0.5, 0.6) is 0 Å². The Bertz CT molecular complexity index is 521. The summed E-state index contributed by atoms with van der Waals surface area (Å²) in [5, 5.41) is 3.44. The standard InChI is InChI=1S/C13H20N4O2S/c1-2-16-12(19)10-9(14)8(11(15)18)13(20-10)17-6-4-3-5-7-17/h2-7,14H2,1H3,(H2,15,18)(H,16,19). The van der Waals surface area contributed by atoms with Gasteiger partial charge < -0.3 is 21.7 Å². The van der Waals surface area contributed by atoms with Gasteiger partial charge in [0.25, 0.3) is 11.8 Å². The molecule has 0 unspecified atom stereocenters. The number of anilines is 2. The summed E-state index contributed by atoms with van der Waals surface area (Å²) in [6, 6.07) is 0. The SMILES string of the molecule is CCNC(=O)c1sc(N2CCCCC2)c(C(N)=O)c1N. The lowest BCUT2D eigenvalue weighted by atomic mass is 10.1. The number of nitrogens with zero attached hydrogens (tertiary/aromatic N) is 1. The molecule has 1 fully saturated rings. The number of nitrogens with one attached hydrogen (secondary N) is 1. The fourth-order valence-corrected chi connectivity index (χ4v) is 3.59. The first-order chi connectivity index (χ1) is 9.56. The average Bonchev–Trinajstić information content (AvgIpc) is 2.78. The molecule has 2 rings (SSSR count). The number of thiophene rings is 1. The van der Waals surface area contributed by atoms with E-state index in [1.807, 2.05) is 6.92 Å². The van der Waals surface area contributed by atoms with Crippen LogP contribution in [0.25, 0.3) is 0 Å². The molecule has 0 bridgehead atoms. The van der Waals surface area contributed by atoms with Crippen molar-refractivity contribution >= 4 is 33.8 Å². The van der Waals surface area contributed by atoms with Crippen LogP contribution in [0, 0.1) is 0 Å². The third kappa shape index (κ3) is 2.72. The van der Waals surface area contributed by atoms with Gasteiger partial charge in [0.05, 0.1) is 11.3 Å². The predicted molar refractivity (Wildman–Crippen MR) is 81.3 cm³/mol. The maximum Gasteiger partial charge on any atom is 0.263 e. The van der Waals surface area contributed by atoms with Crippen molar-refractivity contribution in [3.8, 4) is 0 Å². The van der Waals surface area contributed by atoms with Gasteiger partial charge in [-0.1, -0.05) is 0 Å². The van der Waals surface area contributed by atoms with Crippen molar-refractivity contribution in [2.45, 2.75) is 26.2 Å². The number of carbonyl (C=O) groups is 2. The van der Waals surface area contributed by atoms with Crippen LogP contribution in [-0.4, -0.2) is 31.4 Å². The first-order valence-electron chi connectivity index (χ1n) is 6.81. The molecule has 0 aromatic carbocycles. The van der Waals surface area contributed by atoms with Crippen LogP contribution in [0.4, 0.5) is 10.7 Å². The number of piperidine rings is 1. The van der Waals surface area contributed by atoms with E-state index >= 15 is 0 Å². The van der Waals surface area contributed by atoms with Gasteiger partial charge in [0.15, 0.2) is 0 Å². The molecule has 2 heterocycles. The molecule has 0 spiro atoms. The molecule has 6 nitrogen and oxygen atoms in total. The maximum absolute atomic E-state index is 12.0. The van der Waals surface area contributed by atoms with E-state index in [4.69, 9.17) is 11.5 Å². The molecular weight excluding hydrogens is 276 g/mol. The highest BCUT2D eigenvalue weighted by molar-refractivity contribution is 7.19. The van der Waals surface area contributed by atoms with Crippen molar-refractivity contribution in [2.24, 2.45) is 5.73 Å². The number of nitrogens with two attached hydrogens (primary N) is 2. The Kier molecular flexibility index (Phi) is 4.49. The normalized spacial score (nSPS) is 15.2. The lowest BCUT2D eigenvalue weighted by Crippen LogP contribution is -2.30. The van der Waals surface area contributed by atoms with E-state index in [0.717, 1.165) is 30.9 Å². The number of rotatable bonds is 4.